The molecule has 0 spiro atoms. The number of rotatable bonds is 8. The highest BCUT2D eigenvalue weighted by atomic mass is 16.3. The van der Waals surface area contributed by atoms with E-state index in [1.807, 2.05) is 0 Å². The maximum absolute atomic E-state index is 10.3. The molecule has 3 heteroatoms. The van der Waals surface area contributed by atoms with Gasteiger partial charge in [0.25, 0.3) is 0 Å². The predicted molar refractivity (Wildman–Crippen MR) is 77.9 cm³/mol. The van der Waals surface area contributed by atoms with Crippen LogP contribution in [0.15, 0.2) is 0 Å². The normalized spacial score (nSPS) is 19.7. The van der Waals surface area contributed by atoms with Crippen LogP contribution in [0.2, 0.25) is 0 Å². The Morgan fingerprint density at radius 2 is 1.83 bits per heavy atom. The van der Waals surface area contributed by atoms with E-state index in [0.29, 0.717) is 6.04 Å². The molecule has 2 N–H and O–H groups in total. The minimum atomic E-state index is -0.410. The molecule has 0 aromatic heterocycles. The summed E-state index contributed by atoms with van der Waals surface area (Å²) in [6.45, 7) is 7.46. The Kier molecular flexibility index (Phi) is 7.20. The highest BCUT2D eigenvalue weighted by Gasteiger charge is 2.28. The first-order valence-electron chi connectivity index (χ1n) is 7.67. The van der Waals surface area contributed by atoms with Gasteiger partial charge in [-0.2, -0.15) is 0 Å². The molecule has 0 saturated heterocycles. The van der Waals surface area contributed by atoms with Crippen molar-refractivity contribution < 1.29 is 5.11 Å². The molecule has 0 aliphatic heterocycles. The van der Waals surface area contributed by atoms with Crippen LogP contribution in [0.25, 0.3) is 0 Å². The maximum atomic E-state index is 10.3. The summed E-state index contributed by atoms with van der Waals surface area (Å²) in [5.74, 6) is 0. The van der Waals surface area contributed by atoms with E-state index in [0.717, 1.165) is 25.9 Å². The van der Waals surface area contributed by atoms with E-state index in [2.05, 4.69) is 31.1 Å². The number of unbranched alkanes of at least 4 members (excludes halogenated alkanes) is 1. The summed E-state index contributed by atoms with van der Waals surface area (Å²) in [5, 5.41) is 13.7. The summed E-state index contributed by atoms with van der Waals surface area (Å²) < 4.78 is 0. The third-order valence-electron chi connectivity index (χ3n) is 4.23. The molecule has 0 radical (unpaired) electrons. The van der Waals surface area contributed by atoms with Crippen LogP contribution in [0.5, 0.6) is 0 Å². The Morgan fingerprint density at radius 1 is 1.17 bits per heavy atom. The molecule has 1 fully saturated rings. The summed E-state index contributed by atoms with van der Waals surface area (Å²) in [6.07, 6.45) is 8.08. The van der Waals surface area contributed by atoms with E-state index in [1.54, 1.807) is 0 Å². The van der Waals surface area contributed by atoms with Crippen molar-refractivity contribution in [2.45, 2.75) is 70.4 Å². The second kappa shape index (κ2) is 8.13. The Hall–Kier alpha value is -0.120. The van der Waals surface area contributed by atoms with Crippen LogP contribution < -0.4 is 5.32 Å². The second-order valence-electron chi connectivity index (χ2n) is 6.24. The standard InChI is InChI=1S/C15H32N2O/c1-14(2)17(3)12-8-7-11-16-13-15(18)9-5-4-6-10-15/h14,16,18H,4-13H2,1-3H3. The van der Waals surface area contributed by atoms with Crippen LogP contribution in [-0.2, 0) is 0 Å². The van der Waals surface area contributed by atoms with Crippen molar-refractivity contribution in [3.8, 4) is 0 Å². The predicted octanol–water partition coefficient (Wildman–Crippen LogP) is 2.39. The molecule has 1 aliphatic rings. The van der Waals surface area contributed by atoms with Gasteiger partial charge in [-0.25, -0.2) is 0 Å². The van der Waals surface area contributed by atoms with Gasteiger partial charge < -0.3 is 15.3 Å². The van der Waals surface area contributed by atoms with Gasteiger partial charge in [-0.15, -0.1) is 0 Å². The van der Waals surface area contributed by atoms with Crippen molar-refractivity contribution >= 4 is 0 Å². The van der Waals surface area contributed by atoms with Crippen LogP contribution in [0.1, 0.15) is 58.8 Å². The first-order valence-corrected chi connectivity index (χ1v) is 7.67. The van der Waals surface area contributed by atoms with Gasteiger partial charge in [0.15, 0.2) is 0 Å². The topological polar surface area (TPSA) is 35.5 Å². The number of hydrogen-bond acceptors (Lipinski definition) is 3. The quantitative estimate of drug-likeness (QED) is 0.655. The number of nitrogens with one attached hydrogen (secondary N) is 1. The van der Waals surface area contributed by atoms with Crippen molar-refractivity contribution in [3.05, 3.63) is 0 Å². The van der Waals surface area contributed by atoms with Crippen molar-refractivity contribution in [1.29, 1.82) is 0 Å². The van der Waals surface area contributed by atoms with Gasteiger partial charge in [0.1, 0.15) is 0 Å². The molecular formula is C15H32N2O. The Labute approximate surface area is 113 Å². The molecule has 1 rings (SSSR count). The molecular weight excluding hydrogens is 224 g/mol. The third-order valence-corrected chi connectivity index (χ3v) is 4.23. The molecule has 0 amide bonds. The molecule has 0 heterocycles. The average molecular weight is 256 g/mol. The van der Waals surface area contributed by atoms with Crippen LogP contribution in [0, 0.1) is 0 Å². The minimum absolute atomic E-state index is 0.410. The fourth-order valence-electron chi connectivity index (χ4n) is 2.58. The van der Waals surface area contributed by atoms with E-state index in [-0.39, 0.29) is 0 Å². The zero-order valence-corrected chi connectivity index (χ0v) is 12.5. The largest absolute Gasteiger partial charge is 0.389 e. The molecule has 0 unspecified atom stereocenters. The van der Waals surface area contributed by atoms with Gasteiger partial charge in [-0.1, -0.05) is 19.3 Å². The number of aliphatic hydroxyl groups is 1. The van der Waals surface area contributed by atoms with Gasteiger partial charge in [-0.3, -0.25) is 0 Å². The van der Waals surface area contributed by atoms with E-state index in [1.165, 1.54) is 38.6 Å². The van der Waals surface area contributed by atoms with Crippen molar-refractivity contribution in [3.63, 3.8) is 0 Å². The molecule has 18 heavy (non-hydrogen) atoms. The summed E-state index contributed by atoms with van der Waals surface area (Å²) in [4.78, 5) is 2.38. The zero-order valence-electron chi connectivity index (χ0n) is 12.5. The van der Waals surface area contributed by atoms with Crippen LogP contribution in [-0.4, -0.2) is 48.3 Å². The molecule has 0 aromatic rings. The summed E-state index contributed by atoms with van der Waals surface area (Å²) >= 11 is 0. The van der Waals surface area contributed by atoms with Gasteiger partial charge in [-0.05, 0) is 59.7 Å². The number of nitrogens with zero attached hydrogens (tertiary/aromatic N) is 1. The Bertz CT molecular complexity index is 213. The van der Waals surface area contributed by atoms with E-state index >= 15 is 0 Å². The fraction of sp³-hybridized carbons (Fsp3) is 1.00. The van der Waals surface area contributed by atoms with E-state index in [4.69, 9.17) is 0 Å². The van der Waals surface area contributed by atoms with E-state index in [9.17, 15) is 5.11 Å². The number of hydrogen-bond donors (Lipinski definition) is 2. The molecule has 108 valence electrons. The van der Waals surface area contributed by atoms with Gasteiger partial charge in [0.05, 0.1) is 5.60 Å². The second-order valence-corrected chi connectivity index (χ2v) is 6.24. The van der Waals surface area contributed by atoms with Crippen LogP contribution in [0.3, 0.4) is 0 Å². The monoisotopic (exact) mass is 256 g/mol. The molecule has 3 nitrogen and oxygen atoms in total. The Balaban J connectivity index is 1.98. The average Bonchev–Trinajstić information content (AvgIpc) is 2.34. The highest BCUT2D eigenvalue weighted by molar-refractivity contribution is 4.84. The summed E-state index contributed by atoms with van der Waals surface area (Å²) in [6, 6.07) is 0.640. The van der Waals surface area contributed by atoms with E-state index < -0.39 is 5.60 Å². The highest BCUT2D eigenvalue weighted by Crippen LogP contribution is 2.27. The first kappa shape index (κ1) is 15.9. The van der Waals surface area contributed by atoms with Crippen molar-refractivity contribution in [2.75, 3.05) is 26.7 Å². The summed E-state index contributed by atoms with van der Waals surface area (Å²) in [7, 11) is 2.18. The van der Waals surface area contributed by atoms with Crippen molar-refractivity contribution in [1.82, 2.24) is 10.2 Å². The fourth-order valence-corrected chi connectivity index (χ4v) is 2.58. The first-order chi connectivity index (χ1) is 8.53. The van der Waals surface area contributed by atoms with Gasteiger partial charge >= 0.3 is 0 Å². The lowest BCUT2D eigenvalue weighted by molar-refractivity contribution is 0.00501. The molecule has 0 bridgehead atoms. The molecule has 0 atom stereocenters. The lowest BCUT2D eigenvalue weighted by Crippen LogP contribution is -2.42. The van der Waals surface area contributed by atoms with Crippen LogP contribution in [0.4, 0.5) is 0 Å². The lowest BCUT2D eigenvalue weighted by Gasteiger charge is -2.32. The van der Waals surface area contributed by atoms with Crippen molar-refractivity contribution in [2.24, 2.45) is 0 Å². The molecule has 0 aromatic carbocycles. The molecule has 1 aliphatic carbocycles. The molecule has 1 saturated carbocycles. The van der Waals surface area contributed by atoms with Gasteiger partial charge in [0, 0.05) is 12.6 Å². The SMILES string of the molecule is CC(C)N(C)CCCCNCC1(O)CCCCC1. The lowest BCUT2D eigenvalue weighted by atomic mass is 9.85. The Morgan fingerprint density at radius 3 is 2.44 bits per heavy atom. The third kappa shape index (κ3) is 6.17. The van der Waals surface area contributed by atoms with Crippen LogP contribution >= 0.6 is 0 Å². The maximum Gasteiger partial charge on any atom is 0.0771 e. The zero-order chi connectivity index (χ0) is 13.4. The smallest absolute Gasteiger partial charge is 0.0771 e. The summed E-state index contributed by atoms with van der Waals surface area (Å²) in [5.41, 5.74) is -0.410. The van der Waals surface area contributed by atoms with Gasteiger partial charge in [0.2, 0.25) is 0 Å². The minimum Gasteiger partial charge on any atom is -0.389 e.